The van der Waals surface area contributed by atoms with E-state index < -0.39 is 0 Å². The summed E-state index contributed by atoms with van der Waals surface area (Å²) in [5.41, 5.74) is 0. The lowest BCUT2D eigenvalue weighted by Gasteiger charge is -2.04. The van der Waals surface area contributed by atoms with Crippen LogP contribution in [0.2, 0.25) is 0 Å². The van der Waals surface area contributed by atoms with Crippen LogP contribution in [0.25, 0.3) is 0 Å². The lowest BCUT2D eigenvalue weighted by Crippen LogP contribution is -2.08. The molecule has 0 aliphatic rings. The molecule has 0 bridgehead atoms. The smallest absolute Gasteiger partial charge is 0.171 e. The van der Waals surface area contributed by atoms with Gasteiger partial charge in [-0.3, -0.25) is 4.79 Å². The second-order valence-corrected chi connectivity index (χ2v) is 6.26. The highest BCUT2D eigenvalue weighted by molar-refractivity contribution is 5.80. The molecule has 0 aliphatic heterocycles. The number of ketones is 1. The van der Waals surface area contributed by atoms with Gasteiger partial charge in [0.15, 0.2) is 5.82 Å². The SMILES string of the molecule is C.C.CCC.CCCCC(=O)C(C)CC.Cc1nnn(C)n1.Cc1nnnn1C. The quantitative estimate of drug-likeness (QED) is 0.708. The molecule has 0 N–H and O–H groups in total. The third-order valence-corrected chi connectivity index (χ3v) is 3.38. The Balaban J connectivity index is -0.000000148. The van der Waals surface area contributed by atoms with E-state index in [1.54, 1.807) is 25.7 Å². The number of tetrazole rings is 2. The van der Waals surface area contributed by atoms with Gasteiger partial charge in [-0.1, -0.05) is 62.3 Å². The maximum Gasteiger partial charge on any atom is 0.171 e. The van der Waals surface area contributed by atoms with Crippen LogP contribution in [0.4, 0.5) is 0 Å². The van der Waals surface area contributed by atoms with E-state index in [1.165, 1.54) is 11.2 Å². The van der Waals surface area contributed by atoms with Crippen LogP contribution >= 0.6 is 0 Å². The molecule has 0 aliphatic carbocycles. The number of aromatic nitrogens is 8. The van der Waals surface area contributed by atoms with Gasteiger partial charge in [0, 0.05) is 19.4 Å². The molecule has 0 spiro atoms. The number of aryl methyl sites for hydroxylation is 4. The summed E-state index contributed by atoms with van der Waals surface area (Å²) in [7, 11) is 3.54. The van der Waals surface area contributed by atoms with E-state index in [1.807, 2.05) is 13.8 Å². The predicted octanol–water partition coefficient (Wildman–Crippen LogP) is 4.52. The number of rotatable bonds is 5. The first-order valence-corrected chi connectivity index (χ1v) is 9.65. The van der Waals surface area contributed by atoms with E-state index in [0.717, 1.165) is 31.5 Å². The fourth-order valence-electron chi connectivity index (χ4n) is 1.48. The van der Waals surface area contributed by atoms with Crippen molar-refractivity contribution in [3.05, 3.63) is 11.6 Å². The second kappa shape index (κ2) is 22.1. The summed E-state index contributed by atoms with van der Waals surface area (Å²) in [6.07, 6.45) is 5.21. The number of unbranched alkanes of at least 4 members (excludes halogenated alkanes) is 1. The van der Waals surface area contributed by atoms with Crippen LogP contribution in [0.5, 0.6) is 0 Å². The van der Waals surface area contributed by atoms with Crippen LogP contribution in [-0.2, 0) is 18.9 Å². The molecule has 172 valence electrons. The maximum atomic E-state index is 11.1. The Hall–Kier alpha value is -2.19. The van der Waals surface area contributed by atoms with Gasteiger partial charge in [-0.25, -0.2) is 4.68 Å². The number of hydrogen-bond donors (Lipinski definition) is 0. The molecule has 1 unspecified atom stereocenters. The van der Waals surface area contributed by atoms with Gasteiger partial charge in [0.25, 0.3) is 0 Å². The van der Waals surface area contributed by atoms with Gasteiger partial charge >= 0.3 is 0 Å². The highest BCUT2D eigenvalue weighted by Crippen LogP contribution is 2.07. The van der Waals surface area contributed by atoms with Crippen molar-refractivity contribution in [3.8, 4) is 0 Å². The van der Waals surface area contributed by atoms with Crippen LogP contribution in [0.15, 0.2) is 0 Å². The van der Waals surface area contributed by atoms with Crippen molar-refractivity contribution in [1.29, 1.82) is 0 Å². The molecule has 2 aromatic rings. The van der Waals surface area contributed by atoms with E-state index in [2.05, 4.69) is 58.6 Å². The molecule has 9 heteroatoms. The Morgan fingerprint density at radius 2 is 1.55 bits per heavy atom. The van der Waals surface area contributed by atoms with E-state index in [-0.39, 0.29) is 20.8 Å². The minimum atomic E-state index is 0. The topological polar surface area (TPSA) is 104 Å². The van der Waals surface area contributed by atoms with Gasteiger partial charge in [-0.15, -0.1) is 15.3 Å². The molecule has 0 saturated heterocycles. The Morgan fingerprint density at radius 3 is 1.76 bits per heavy atom. The molecule has 0 radical (unpaired) electrons. The summed E-state index contributed by atoms with van der Waals surface area (Å²) >= 11 is 0. The molecular formula is C20H46N8O. The first kappa shape index (κ1) is 34.3. The minimum Gasteiger partial charge on any atom is -0.299 e. The normalized spacial score (nSPS) is 9.69. The lowest BCUT2D eigenvalue weighted by atomic mass is 9.99. The molecule has 29 heavy (non-hydrogen) atoms. The zero-order chi connectivity index (χ0) is 21.2. The van der Waals surface area contributed by atoms with Crippen LogP contribution < -0.4 is 0 Å². The van der Waals surface area contributed by atoms with E-state index in [4.69, 9.17) is 0 Å². The maximum absolute atomic E-state index is 11.1. The Bertz CT molecular complexity index is 562. The summed E-state index contributed by atoms with van der Waals surface area (Å²) in [6, 6.07) is 0. The third-order valence-electron chi connectivity index (χ3n) is 3.38. The average molecular weight is 415 g/mol. The van der Waals surface area contributed by atoms with Crippen molar-refractivity contribution >= 4 is 5.78 Å². The fraction of sp³-hybridized carbons (Fsp3) is 0.850. The zero-order valence-corrected chi connectivity index (χ0v) is 18.6. The second-order valence-electron chi connectivity index (χ2n) is 6.26. The summed E-state index contributed by atoms with van der Waals surface area (Å²) in [4.78, 5) is 12.6. The molecule has 0 aromatic carbocycles. The highest BCUT2D eigenvalue weighted by atomic mass is 16.1. The summed E-state index contributed by atoms with van der Waals surface area (Å²) < 4.78 is 1.61. The molecule has 1 atom stereocenters. The number of nitrogens with zero attached hydrogens (tertiary/aromatic N) is 8. The Labute approximate surface area is 178 Å². The van der Waals surface area contributed by atoms with Crippen molar-refractivity contribution in [2.75, 3.05) is 0 Å². The molecular weight excluding hydrogens is 368 g/mol. The zero-order valence-electron chi connectivity index (χ0n) is 18.6. The number of Topliss-reactive ketones (excluding diaryl/α,β-unsaturated/α-hetero) is 1. The van der Waals surface area contributed by atoms with Crippen molar-refractivity contribution in [3.63, 3.8) is 0 Å². The molecule has 0 amide bonds. The van der Waals surface area contributed by atoms with Crippen molar-refractivity contribution in [2.24, 2.45) is 20.0 Å². The van der Waals surface area contributed by atoms with E-state index in [0.29, 0.717) is 11.6 Å². The molecule has 2 aromatic heterocycles. The summed E-state index contributed by atoms with van der Waals surface area (Å²) in [6.45, 7) is 14.1. The summed E-state index contributed by atoms with van der Waals surface area (Å²) in [5.74, 6) is 2.26. The predicted molar refractivity (Wildman–Crippen MR) is 120 cm³/mol. The number of hydrogen-bond acceptors (Lipinski definition) is 7. The largest absolute Gasteiger partial charge is 0.299 e. The standard InChI is InChI=1S/C9H18O.2C3H6N4.C3H8.2CH4/c1-4-6-7-9(10)8(3)5-2;1-3-4-5-6-7(3)2;1-3-4-6-7(2)5-3;1-3-2;;/h8H,4-7H2,1-3H3;2*1-2H3;3H2,1-2H3;2*1H4. The molecule has 9 nitrogen and oxygen atoms in total. The van der Waals surface area contributed by atoms with Crippen molar-refractivity contribution in [2.45, 2.75) is 95.4 Å². The van der Waals surface area contributed by atoms with Crippen molar-refractivity contribution < 1.29 is 4.79 Å². The molecule has 2 rings (SSSR count). The van der Waals surface area contributed by atoms with Gasteiger partial charge in [-0.05, 0) is 42.3 Å². The van der Waals surface area contributed by atoms with Gasteiger partial charge in [0.2, 0.25) is 0 Å². The Morgan fingerprint density at radius 1 is 1.00 bits per heavy atom. The van der Waals surface area contributed by atoms with Gasteiger partial charge < -0.3 is 0 Å². The third kappa shape index (κ3) is 20.4. The van der Waals surface area contributed by atoms with Gasteiger partial charge in [0.1, 0.15) is 11.6 Å². The number of carbonyl (C=O) groups excluding carboxylic acids is 1. The monoisotopic (exact) mass is 414 g/mol. The minimum absolute atomic E-state index is 0. The Kier molecular flexibility index (Phi) is 26.2. The molecule has 0 fully saturated rings. The fourth-order valence-corrected chi connectivity index (χ4v) is 1.48. The first-order chi connectivity index (χ1) is 12.7. The van der Waals surface area contributed by atoms with Crippen LogP contribution in [0, 0.1) is 19.8 Å². The van der Waals surface area contributed by atoms with E-state index >= 15 is 0 Å². The molecule has 2 heterocycles. The van der Waals surface area contributed by atoms with Crippen LogP contribution in [0.1, 0.15) is 93.2 Å². The average Bonchev–Trinajstić information content (AvgIpc) is 3.20. The van der Waals surface area contributed by atoms with Crippen molar-refractivity contribution in [1.82, 2.24) is 40.4 Å². The van der Waals surface area contributed by atoms with E-state index in [9.17, 15) is 4.79 Å². The first-order valence-electron chi connectivity index (χ1n) is 9.65. The highest BCUT2D eigenvalue weighted by Gasteiger charge is 2.08. The summed E-state index contributed by atoms with van der Waals surface area (Å²) in [5, 5.41) is 21.6. The van der Waals surface area contributed by atoms with Gasteiger partial charge in [0.05, 0.1) is 7.05 Å². The van der Waals surface area contributed by atoms with Gasteiger partial charge in [-0.2, -0.15) is 4.80 Å². The van der Waals surface area contributed by atoms with Crippen LogP contribution in [-0.4, -0.2) is 46.2 Å². The number of carbonyl (C=O) groups is 1. The lowest BCUT2D eigenvalue weighted by molar-refractivity contribution is -0.122. The molecule has 0 saturated carbocycles. The van der Waals surface area contributed by atoms with Crippen LogP contribution in [0.3, 0.4) is 0 Å².